The van der Waals surface area contributed by atoms with Crippen LogP contribution < -0.4 is 5.73 Å². The summed E-state index contributed by atoms with van der Waals surface area (Å²) in [6, 6.07) is 0. The lowest BCUT2D eigenvalue weighted by Crippen LogP contribution is -2.40. The van der Waals surface area contributed by atoms with Crippen molar-refractivity contribution in [2.24, 2.45) is 0 Å². The first-order chi connectivity index (χ1) is 13.7. The monoisotopic (exact) mass is 411 g/mol. The van der Waals surface area contributed by atoms with Crippen molar-refractivity contribution in [1.29, 1.82) is 0 Å². The van der Waals surface area contributed by atoms with E-state index in [0.717, 1.165) is 13.8 Å². The third-order valence-corrected chi connectivity index (χ3v) is 4.04. The van der Waals surface area contributed by atoms with Gasteiger partial charge in [-0.25, -0.2) is 4.98 Å². The highest BCUT2D eigenvalue weighted by Gasteiger charge is 2.51. The molecule has 0 spiro atoms. The number of hydrogen-bond donors (Lipinski definition) is 1. The Morgan fingerprint density at radius 3 is 2.41 bits per heavy atom. The molecule has 0 radical (unpaired) electrons. The summed E-state index contributed by atoms with van der Waals surface area (Å²) < 4.78 is 36.3. The van der Waals surface area contributed by atoms with E-state index >= 15 is 0 Å². The molecule has 156 valence electrons. The number of halogens is 1. The smallest absolute Gasteiger partial charge is 0.312 e. The van der Waals surface area contributed by atoms with Gasteiger partial charge in [0.1, 0.15) is 12.7 Å². The lowest BCUT2D eigenvalue weighted by Gasteiger charge is -2.23. The molecule has 2 N–H and O–H groups in total. The number of fused-ring (bicyclic) bond motifs is 1. The number of nitrogen functional groups attached to an aromatic ring is 1. The fourth-order valence-corrected chi connectivity index (χ4v) is 3.01. The number of carbonyl (C=O) groups is 3. The molecule has 1 fully saturated rings. The van der Waals surface area contributed by atoms with Gasteiger partial charge in [-0.15, -0.1) is 0 Å². The zero-order valence-corrected chi connectivity index (χ0v) is 15.7. The highest BCUT2D eigenvalue weighted by Crippen LogP contribution is 2.36. The Morgan fingerprint density at radius 1 is 1.14 bits per heavy atom. The van der Waals surface area contributed by atoms with Gasteiger partial charge in [-0.3, -0.25) is 19.0 Å². The van der Waals surface area contributed by atoms with Crippen molar-refractivity contribution in [3.63, 3.8) is 0 Å². The molecule has 1 aliphatic rings. The highest BCUT2D eigenvalue weighted by molar-refractivity contribution is 5.81. The van der Waals surface area contributed by atoms with E-state index in [1.165, 1.54) is 17.8 Å². The number of rotatable bonds is 5. The van der Waals surface area contributed by atoms with E-state index < -0.39 is 48.5 Å². The number of carbonyl (C=O) groups excluding carboxylic acids is 3. The lowest BCUT2D eigenvalue weighted by molar-refractivity contribution is -0.166. The van der Waals surface area contributed by atoms with Crippen LogP contribution in [-0.4, -0.2) is 62.3 Å². The van der Waals surface area contributed by atoms with E-state index in [1.807, 2.05) is 0 Å². The number of esters is 3. The first-order valence-electron chi connectivity index (χ1n) is 8.46. The summed E-state index contributed by atoms with van der Waals surface area (Å²) in [5.41, 5.74) is 5.75. The minimum absolute atomic E-state index is 0.0214. The molecule has 3 rings (SSSR count). The molecular formula is C16H18FN5O7. The molecule has 3 heterocycles. The number of hydrogen-bond acceptors (Lipinski definition) is 11. The van der Waals surface area contributed by atoms with Crippen molar-refractivity contribution >= 4 is 34.9 Å². The second-order valence-corrected chi connectivity index (χ2v) is 6.22. The van der Waals surface area contributed by atoms with E-state index in [-0.39, 0.29) is 23.6 Å². The number of nitrogens with zero attached hydrogens (tertiary/aromatic N) is 4. The molecule has 4 atom stereocenters. The molecule has 0 aliphatic carbocycles. The van der Waals surface area contributed by atoms with Crippen molar-refractivity contribution in [2.75, 3.05) is 12.3 Å². The molecule has 0 unspecified atom stereocenters. The van der Waals surface area contributed by atoms with Crippen LogP contribution in [0.4, 0.5) is 10.2 Å². The molecule has 1 saturated heterocycles. The summed E-state index contributed by atoms with van der Waals surface area (Å²) in [5.74, 6) is -2.13. The van der Waals surface area contributed by atoms with Crippen molar-refractivity contribution in [1.82, 2.24) is 19.5 Å². The molecule has 1 aliphatic heterocycles. The Morgan fingerprint density at radius 2 is 1.79 bits per heavy atom. The molecule has 2 aromatic rings. The van der Waals surface area contributed by atoms with Crippen molar-refractivity contribution in [2.45, 2.75) is 45.3 Å². The minimum Gasteiger partial charge on any atom is -0.463 e. The van der Waals surface area contributed by atoms with Crippen LogP contribution in [0.2, 0.25) is 0 Å². The molecule has 0 bridgehead atoms. The summed E-state index contributed by atoms with van der Waals surface area (Å²) in [6.45, 7) is 3.24. The van der Waals surface area contributed by atoms with E-state index in [0.29, 0.717) is 0 Å². The Labute approximate surface area is 163 Å². The third-order valence-electron chi connectivity index (χ3n) is 4.04. The van der Waals surface area contributed by atoms with Crippen LogP contribution in [0.15, 0.2) is 6.33 Å². The molecule has 12 nitrogen and oxygen atoms in total. The fraction of sp³-hybridized carbons (Fsp3) is 0.500. The summed E-state index contributed by atoms with van der Waals surface area (Å²) in [6.07, 6.45) is -4.21. The maximum Gasteiger partial charge on any atom is 0.312 e. The minimum atomic E-state index is -1.16. The zero-order chi connectivity index (χ0) is 21.3. The predicted octanol–water partition coefficient (Wildman–Crippen LogP) is -0.128. The summed E-state index contributed by atoms with van der Waals surface area (Å²) in [5, 5.41) is 0. The van der Waals surface area contributed by atoms with Crippen LogP contribution in [0, 0.1) is 6.08 Å². The number of ether oxygens (including phenoxy) is 4. The van der Waals surface area contributed by atoms with Crippen LogP contribution in [0.1, 0.15) is 27.0 Å². The van der Waals surface area contributed by atoms with Gasteiger partial charge >= 0.3 is 24.0 Å². The van der Waals surface area contributed by atoms with Crippen molar-refractivity contribution in [3.8, 4) is 0 Å². The van der Waals surface area contributed by atoms with Crippen LogP contribution in [0.3, 0.4) is 0 Å². The van der Waals surface area contributed by atoms with Crippen LogP contribution in [-0.2, 0) is 33.3 Å². The molecule has 0 amide bonds. The second-order valence-electron chi connectivity index (χ2n) is 6.22. The largest absolute Gasteiger partial charge is 0.463 e. The predicted molar refractivity (Wildman–Crippen MR) is 91.3 cm³/mol. The SMILES string of the molecule is CC(=O)OC[C@H]1O[C@@H](n2cnc3c(N)nc(F)nc32)[C@@H](OC(C)=O)[C@@H]1OC(C)=O. The fourth-order valence-electron chi connectivity index (χ4n) is 3.01. The van der Waals surface area contributed by atoms with Gasteiger partial charge in [-0.1, -0.05) is 0 Å². The van der Waals surface area contributed by atoms with Gasteiger partial charge in [0.2, 0.25) is 0 Å². The average Bonchev–Trinajstić information content (AvgIpc) is 3.15. The number of anilines is 1. The first kappa shape index (κ1) is 20.4. The molecule has 0 aromatic carbocycles. The molecule has 13 heteroatoms. The van der Waals surface area contributed by atoms with E-state index in [4.69, 9.17) is 24.7 Å². The topological polar surface area (TPSA) is 158 Å². The normalized spacial score (nSPS) is 23.7. The number of imidazole rings is 1. The first-order valence-corrected chi connectivity index (χ1v) is 8.46. The molecule has 29 heavy (non-hydrogen) atoms. The Balaban J connectivity index is 2.04. The zero-order valence-electron chi connectivity index (χ0n) is 15.7. The molecule has 0 saturated carbocycles. The second kappa shape index (κ2) is 7.95. The van der Waals surface area contributed by atoms with Gasteiger partial charge in [0.15, 0.2) is 35.4 Å². The third kappa shape index (κ3) is 4.23. The summed E-state index contributed by atoms with van der Waals surface area (Å²) in [7, 11) is 0. The van der Waals surface area contributed by atoms with E-state index in [1.54, 1.807) is 0 Å². The summed E-state index contributed by atoms with van der Waals surface area (Å²) in [4.78, 5) is 45.5. The maximum atomic E-state index is 13.7. The van der Waals surface area contributed by atoms with Gasteiger partial charge < -0.3 is 24.7 Å². The van der Waals surface area contributed by atoms with E-state index in [9.17, 15) is 18.8 Å². The Bertz CT molecular complexity index is 965. The van der Waals surface area contributed by atoms with Crippen molar-refractivity contribution < 1.29 is 37.7 Å². The molecule has 2 aromatic heterocycles. The maximum absolute atomic E-state index is 13.7. The highest BCUT2D eigenvalue weighted by atomic mass is 19.1. The van der Waals surface area contributed by atoms with Gasteiger partial charge in [0.05, 0.1) is 6.33 Å². The van der Waals surface area contributed by atoms with Crippen LogP contribution in [0.25, 0.3) is 11.2 Å². The average molecular weight is 411 g/mol. The van der Waals surface area contributed by atoms with Gasteiger partial charge in [0.25, 0.3) is 0 Å². The van der Waals surface area contributed by atoms with Crippen molar-refractivity contribution in [3.05, 3.63) is 12.4 Å². The lowest BCUT2D eigenvalue weighted by atomic mass is 10.1. The van der Waals surface area contributed by atoms with E-state index in [2.05, 4.69) is 15.0 Å². The number of aromatic nitrogens is 4. The quantitative estimate of drug-likeness (QED) is 0.397. The van der Waals surface area contributed by atoms with Crippen LogP contribution >= 0.6 is 0 Å². The number of nitrogens with two attached hydrogens (primary N) is 1. The summed E-state index contributed by atoms with van der Waals surface area (Å²) >= 11 is 0. The molecular weight excluding hydrogens is 393 g/mol. The Kier molecular flexibility index (Phi) is 5.59. The van der Waals surface area contributed by atoms with Gasteiger partial charge in [0, 0.05) is 20.8 Å². The Hall–Kier alpha value is -3.35. The standard InChI is InChI=1S/C16H18FN5O7/c1-6(23)26-4-9-11(27-7(2)24)12(28-8(3)25)15(29-9)22-5-19-10-13(18)20-16(17)21-14(10)22/h5,9,11-12,15H,4H2,1-3H3,(H2,18,20,21)/t9-,11-,12+,15-/m1/s1. The van der Waals surface area contributed by atoms with Gasteiger partial charge in [-0.2, -0.15) is 14.4 Å². The van der Waals surface area contributed by atoms with Gasteiger partial charge in [-0.05, 0) is 0 Å². The van der Waals surface area contributed by atoms with Crippen LogP contribution in [0.5, 0.6) is 0 Å².